The van der Waals surface area contributed by atoms with E-state index in [2.05, 4.69) is 48.2 Å². The average Bonchev–Trinajstić information content (AvgIpc) is 2.60. The topological polar surface area (TPSA) is 30.7 Å². The quantitative estimate of drug-likeness (QED) is 0.788. The molecule has 0 unspecified atom stereocenters. The summed E-state index contributed by atoms with van der Waals surface area (Å²) in [5, 5.41) is 4.41. The molecular formula is C13H17N3. The zero-order valence-electron chi connectivity index (χ0n) is 10.1. The maximum atomic E-state index is 4.56. The van der Waals surface area contributed by atoms with Gasteiger partial charge in [0.15, 0.2) is 11.6 Å². The highest BCUT2D eigenvalue weighted by molar-refractivity contribution is 5.56. The van der Waals surface area contributed by atoms with Crippen LogP contribution in [0.5, 0.6) is 0 Å². The summed E-state index contributed by atoms with van der Waals surface area (Å²) in [4.78, 5) is 4.56. The summed E-state index contributed by atoms with van der Waals surface area (Å²) in [6.45, 7) is 4.23. The van der Waals surface area contributed by atoms with Crippen molar-refractivity contribution in [2.45, 2.75) is 26.7 Å². The normalized spacial score (nSPS) is 10.7. The third kappa shape index (κ3) is 2.13. The maximum Gasteiger partial charge on any atom is 0.158 e. The molecule has 0 amide bonds. The number of rotatable bonds is 3. The molecule has 0 bridgehead atoms. The van der Waals surface area contributed by atoms with Gasteiger partial charge in [-0.15, -0.1) is 0 Å². The fourth-order valence-electron chi connectivity index (χ4n) is 1.80. The summed E-state index contributed by atoms with van der Waals surface area (Å²) in [7, 11) is 1.95. The average molecular weight is 215 g/mol. The molecule has 0 aliphatic rings. The monoisotopic (exact) mass is 215 g/mol. The zero-order chi connectivity index (χ0) is 11.5. The van der Waals surface area contributed by atoms with E-state index in [1.54, 1.807) is 0 Å². The molecule has 84 valence electrons. The minimum absolute atomic E-state index is 0.932. The summed E-state index contributed by atoms with van der Waals surface area (Å²) >= 11 is 0. The second-order valence-electron chi connectivity index (χ2n) is 4.09. The first kappa shape index (κ1) is 10.9. The molecule has 0 N–H and O–H groups in total. The molecule has 0 saturated heterocycles. The molecule has 3 heteroatoms. The Morgan fingerprint density at radius 1 is 1.31 bits per heavy atom. The Labute approximate surface area is 96.1 Å². The van der Waals surface area contributed by atoms with Crippen molar-refractivity contribution in [1.29, 1.82) is 0 Å². The first-order valence-corrected chi connectivity index (χ1v) is 5.67. The largest absolute Gasteiger partial charge is 0.249 e. The van der Waals surface area contributed by atoms with Crippen LogP contribution in [0.2, 0.25) is 0 Å². The van der Waals surface area contributed by atoms with Crippen molar-refractivity contribution < 1.29 is 0 Å². The van der Waals surface area contributed by atoms with Gasteiger partial charge < -0.3 is 0 Å². The van der Waals surface area contributed by atoms with Gasteiger partial charge in [-0.25, -0.2) is 9.67 Å². The summed E-state index contributed by atoms with van der Waals surface area (Å²) in [6.07, 6.45) is 2.02. The minimum Gasteiger partial charge on any atom is -0.249 e. The number of nitrogens with zero attached hydrogens (tertiary/aromatic N) is 3. The lowest BCUT2D eigenvalue weighted by atomic mass is 10.1. The zero-order valence-corrected chi connectivity index (χ0v) is 10.1. The third-order valence-electron chi connectivity index (χ3n) is 2.56. The van der Waals surface area contributed by atoms with Crippen molar-refractivity contribution in [3.63, 3.8) is 0 Å². The molecule has 2 aromatic rings. The summed E-state index contributed by atoms with van der Waals surface area (Å²) in [5.41, 5.74) is 2.38. The van der Waals surface area contributed by atoms with Crippen molar-refractivity contribution >= 4 is 0 Å². The molecule has 0 atom stereocenters. The maximum absolute atomic E-state index is 4.56. The lowest BCUT2D eigenvalue weighted by molar-refractivity contribution is 0.737. The molecule has 0 aliphatic carbocycles. The summed E-state index contributed by atoms with van der Waals surface area (Å²) < 4.78 is 1.86. The van der Waals surface area contributed by atoms with Gasteiger partial charge in [0, 0.05) is 19.0 Å². The van der Waals surface area contributed by atoms with Gasteiger partial charge in [0.25, 0.3) is 0 Å². The van der Waals surface area contributed by atoms with Crippen LogP contribution in [-0.2, 0) is 13.5 Å². The van der Waals surface area contributed by atoms with Gasteiger partial charge in [-0.05, 0) is 19.4 Å². The highest BCUT2D eigenvalue weighted by Crippen LogP contribution is 2.18. The van der Waals surface area contributed by atoms with E-state index < -0.39 is 0 Å². The highest BCUT2D eigenvalue weighted by atomic mass is 15.3. The van der Waals surface area contributed by atoms with E-state index in [9.17, 15) is 0 Å². The van der Waals surface area contributed by atoms with E-state index in [0.29, 0.717) is 0 Å². The van der Waals surface area contributed by atoms with Crippen molar-refractivity contribution in [3.05, 3.63) is 35.7 Å². The molecule has 0 fully saturated rings. The molecule has 3 nitrogen and oxygen atoms in total. The summed E-state index contributed by atoms with van der Waals surface area (Å²) in [5.74, 6) is 1.88. The number of hydrogen-bond donors (Lipinski definition) is 0. The fourth-order valence-corrected chi connectivity index (χ4v) is 1.80. The number of hydrogen-bond acceptors (Lipinski definition) is 2. The Bertz CT molecular complexity index is 486. The van der Waals surface area contributed by atoms with Gasteiger partial charge in [-0.3, -0.25) is 0 Å². The van der Waals surface area contributed by atoms with Crippen LogP contribution >= 0.6 is 0 Å². The van der Waals surface area contributed by atoms with Gasteiger partial charge in [0.05, 0.1) is 0 Å². The van der Waals surface area contributed by atoms with E-state index in [-0.39, 0.29) is 0 Å². The third-order valence-corrected chi connectivity index (χ3v) is 2.56. The van der Waals surface area contributed by atoms with Gasteiger partial charge in [-0.1, -0.05) is 30.7 Å². The molecule has 16 heavy (non-hydrogen) atoms. The van der Waals surface area contributed by atoms with Crippen LogP contribution in [0, 0.1) is 6.92 Å². The van der Waals surface area contributed by atoms with Gasteiger partial charge in [-0.2, -0.15) is 5.10 Å². The van der Waals surface area contributed by atoms with Crippen LogP contribution < -0.4 is 0 Å². The standard InChI is InChI=1S/C13H17N3/c1-4-6-12-14-13(16(3)15-12)11-8-5-7-10(2)9-11/h5,7-9H,4,6H2,1-3H3. The summed E-state index contributed by atoms with van der Waals surface area (Å²) in [6, 6.07) is 8.36. The Kier molecular flexibility index (Phi) is 3.04. The van der Waals surface area contributed by atoms with Crippen LogP contribution in [-0.4, -0.2) is 14.8 Å². The molecule has 0 saturated carbocycles. The Hall–Kier alpha value is -1.64. The predicted octanol–water partition coefficient (Wildman–Crippen LogP) is 2.74. The first-order chi connectivity index (χ1) is 7.70. The van der Waals surface area contributed by atoms with Crippen molar-refractivity contribution in [1.82, 2.24) is 14.8 Å². The van der Waals surface area contributed by atoms with E-state index >= 15 is 0 Å². The first-order valence-electron chi connectivity index (χ1n) is 5.67. The molecule has 0 aliphatic heterocycles. The second kappa shape index (κ2) is 4.47. The van der Waals surface area contributed by atoms with Crippen molar-refractivity contribution in [3.8, 4) is 11.4 Å². The van der Waals surface area contributed by atoms with Crippen molar-refractivity contribution in [2.24, 2.45) is 7.05 Å². The Morgan fingerprint density at radius 2 is 2.12 bits per heavy atom. The van der Waals surface area contributed by atoms with Crippen LogP contribution in [0.15, 0.2) is 24.3 Å². The van der Waals surface area contributed by atoms with Crippen LogP contribution in [0.1, 0.15) is 24.7 Å². The van der Waals surface area contributed by atoms with Crippen LogP contribution in [0.4, 0.5) is 0 Å². The smallest absolute Gasteiger partial charge is 0.158 e. The molecule has 0 radical (unpaired) electrons. The Morgan fingerprint density at radius 3 is 2.81 bits per heavy atom. The second-order valence-corrected chi connectivity index (χ2v) is 4.09. The van der Waals surface area contributed by atoms with Gasteiger partial charge in [0.1, 0.15) is 0 Å². The molecule has 1 aromatic carbocycles. The van der Waals surface area contributed by atoms with Gasteiger partial charge >= 0.3 is 0 Å². The highest BCUT2D eigenvalue weighted by Gasteiger charge is 2.08. The SMILES string of the molecule is CCCc1nc(-c2cccc(C)c2)n(C)n1. The Balaban J connectivity index is 2.40. The lowest BCUT2D eigenvalue weighted by Crippen LogP contribution is -1.94. The molecular weight excluding hydrogens is 198 g/mol. The van der Waals surface area contributed by atoms with Crippen LogP contribution in [0.25, 0.3) is 11.4 Å². The van der Waals surface area contributed by atoms with Crippen molar-refractivity contribution in [2.75, 3.05) is 0 Å². The van der Waals surface area contributed by atoms with E-state index in [0.717, 1.165) is 30.1 Å². The molecule has 1 heterocycles. The predicted molar refractivity (Wildman–Crippen MR) is 65.2 cm³/mol. The van der Waals surface area contributed by atoms with E-state index in [4.69, 9.17) is 0 Å². The minimum atomic E-state index is 0.932. The fraction of sp³-hybridized carbons (Fsp3) is 0.385. The lowest BCUT2D eigenvalue weighted by Gasteiger charge is -2.00. The number of aromatic nitrogens is 3. The molecule has 2 rings (SSSR count). The van der Waals surface area contributed by atoms with E-state index in [1.165, 1.54) is 5.56 Å². The molecule has 1 aromatic heterocycles. The molecule has 0 spiro atoms. The van der Waals surface area contributed by atoms with Gasteiger partial charge in [0.2, 0.25) is 0 Å². The van der Waals surface area contributed by atoms with E-state index in [1.807, 2.05) is 11.7 Å². The number of aryl methyl sites for hydroxylation is 3. The number of benzene rings is 1. The van der Waals surface area contributed by atoms with Crippen LogP contribution in [0.3, 0.4) is 0 Å².